The highest BCUT2D eigenvalue weighted by Crippen LogP contribution is 2.24. The third kappa shape index (κ3) is 5.46. The number of rotatable bonds is 8. The molecule has 2 rings (SSSR count). The van der Waals surface area contributed by atoms with Crippen LogP contribution in [0.15, 0.2) is 10.6 Å². The number of carbonyl (C=O) groups is 1. The Morgan fingerprint density at radius 1 is 1.42 bits per heavy atom. The molecule has 0 radical (unpaired) electrons. The Morgan fingerprint density at radius 2 is 2.08 bits per heavy atom. The Hall–Kier alpha value is -1.11. The molecule has 2 N–H and O–H groups in total. The molecule has 6 nitrogen and oxygen atoms in total. The van der Waals surface area contributed by atoms with Crippen LogP contribution in [0.4, 0.5) is 0 Å². The van der Waals surface area contributed by atoms with E-state index in [0.29, 0.717) is 37.9 Å². The number of nitrogens with two attached hydrogens (primary N) is 1. The van der Waals surface area contributed by atoms with Gasteiger partial charge in [0.1, 0.15) is 0 Å². The number of nitrogens with zero attached hydrogens (tertiary/aromatic N) is 2. The van der Waals surface area contributed by atoms with Crippen LogP contribution in [0, 0.1) is 0 Å². The number of ether oxygens (including phenoxy) is 1. The Balaban J connectivity index is 0.00000288. The van der Waals surface area contributed by atoms with E-state index in [0.717, 1.165) is 37.8 Å². The summed E-state index contributed by atoms with van der Waals surface area (Å²) in [4.78, 5) is 14.3. The molecule has 1 fully saturated rings. The van der Waals surface area contributed by atoms with Crippen molar-refractivity contribution in [3.63, 3.8) is 0 Å². The van der Waals surface area contributed by atoms with Crippen molar-refractivity contribution in [1.29, 1.82) is 0 Å². The van der Waals surface area contributed by atoms with Crippen molar-refractivity contribution < 1.29 is 14.1 Å². The Labute approximate surface area is 150 Å². The van der Waals surface area contributed by atoms with Crippen molar-refractivity contribution in [2.75, 3.05) is 26.2 Å². The maximum atomic E-state index is 12.5. The SMILES string of the molecule is CCC(CC)c1cc(C(=O)N2CCC(OCCCN)CC2)on1.Cl. The van der Waals surface area contributed by atoms with Crippen molar-refractivity contribution >= 4 is 18.3 Å². The average Bonchev–Trinajstić information content (AvgIpc) is 3.06. The number of amides is 1. The van der Waals surface area contributed by atoms with E-state index in [1.54, 1.807) is 0 Å². The Bertz CT molecular complexity index is 483. The van der Waals surface area contributed by atoms with Gasteiger partial charge in [-0.3, -0.25) is 4.79 Å². The molecule has 1 aromatic rings. The van der Waals surface area contributed by atoms with Gasteiger partial charge in [-0.05, 0) is 38.6 Å². The summed E-state index contributed by atoms with van der Waals surface area (Å²) in [6.07, 6.45) is 4.86. The third-order valence-electron chi connectivity index (χ3n) is 4.57. The molecule has 1 aromatic heterocycles. The second-order valence-corrected chi connectivity index (χ2v) is 6.13. The zero-order valence-electron chi connectivity index (χ0n) is 14.7. The molecule has 138 valence electrons. The predicted octanol–water partition coefficient (Wildman–Crippen LogP) is 2.97. The van der Waals surface area contributed by atoms with Gasteiger partial charge in [0.25, 0.3) is 5.91 Å². The molecule has 0 aliphatic carbocycles. The molecule has 0 bridgehead atoms. The first kappa shape index (κ1) is 20.9. The molecular formula is C17H30ClN3O3. The molecule has 0 unspecified atom stereocenters. The van der Waals surface area contributed by atoms with Crippen LogP contribution >= 0.6 is 12.4 Å². The summed E-state index contributed by atoms with van der Waals surface area (Å²) in [7, 11) is 0. The molecule has 0 spiro atoms. The molecule has 1 amide bonds. The normalized spacial score (nSPS) is 15.6. The predicted molar refractivity (Wildman–Crippen MR) is 95.6 cm³/mol. The quantitative estimate of drug-likeness (QED) is 0.721. The van der Waals surface area contributed by atoms with Gasteiger partial charge in [-0.1, -0.05) is 19.0 Å². The lowest BCUT2D eigenvalue weighted by Gasteiger charge is -2.31. The highest BCUT2D eigenvalue weighted by molar-refractivity contribution is 5.91. The van der Waals surface area contributed by atoms with Crippen molar-refractivity contribution in [2.45, 2.75) is 58.0 Å². The van der Waals surface area contributed by atoms with Gasteiger partial charge >= 0.3 is 0 Å². The van der Waals surface area contributed by atoms with Crippen molar-refractivity contribution in [1.82, 2.24) is 10.1 Å². The molecule has 2 heterocycles. The maximum Gasteiger partial charge on any atom is 0.292 e. The summed E-state index contributed by atoms with van der Waals surface area (Å²) >= 11 is 0. The fraction of sp³-hybridized carbons (Fsp3) is 0.765. The van der Waals surface area contributed by atoms with Gasteiger partial charge in [-0.2, -0.15) is 0 Å². The van der Waals surface area contributed by atoms with Crippen molar-refractivity contribution in [3.05, 3.63) is 17.5 Å². The minimum Gasteiger partial charge on any atom is -0.378 e. The number of carbonyl (C=O) groups excluding carboxylic acids is 1. The topological polar surface area (TPSA) is 81.6 Å². The van der Waals surface area contributed by atoms with Gasteiger partial charge < -0.3 is 19.9 Å². The second kappa shape index (κ2) is 10.7. The van der Waals surface area contributed by atoms with E-state index in [9.17, 15) is 4.79 Å². The van der Waals surface area contributed by atoms with Crippen LogP contribution < -0.4 is 5.73 Å². The standard InChI is InChI=1S/C17H29N3O3.ClH/c1-3-13(4-2)15-12-16(23-19-15)17(21)20-9-6-14(7-10-20)22-11-5-8-18;/h12-14H,3-11,18H2,1-2H3;1H. The summed E-state index contributed by atoms with van der Waals surface area (Å²) < 4.78 is 11.1. The Morgan fingerprint density at radius 3 is 2.67 bits per heavy atom. The minimum absolute atomic E-state index is 0. The maximum absolute atomic E-state index is 12.5. The fourth-order valence-corrected chi connectivity index (χ4v) is 3.00. The zero-order valence-corrected chi connectivity index (χ0v) is 15.5. The first-order valence-electron chi connectivity index (χ1n) is 8.77. The van der Waals surface area contributed by atoms with E-state index >= 15 is 0 Å². The van der Waals surface area contributed by atoms with E-state index in [4.69, 9.17) is 15.0 Å². The van der Waals surface area contributed by atoms with Gasteiger partial charge in [0.2, 0.25) is 5.76 Å². The molecule has 24 heavy (non-hydrogen) atoms. The number of likely N-dealkylation sites (tertiary alicyclic amines) is 1. The number of aromatic nitrogens is 1. The zero-order chi connectivity index (χ0) is 16.7. The molecule has 1 aliphatic rings. The van der Waals surface area contributed by atoms with Crippen LogP contribution in [-0.2, 0) is 4.74 Å². The summed E-state index contributed by atoms with van der Waals surface area (Å²) in [5.74, 6) is 0.659. The smallest absolute Gasteiger partial charge is 0.292 e. The molecular weight excluding hydrogens is 330 g/mol. The number of hydrogen-bond acceptors (Lipinski definition) is 5. The summed E-state index contributed by atoms with van der Waals surface area (Å²) in [6, 6.07) is 1.81. The van der Waals surface area contributed by atoms with E-state index in [1.807, 2.05) is 11.0 Å². The van der Waals surface area contributed by atoms with Crippen LogP contribution in [0.5, 0.6) is 0 Å². The second-order valence-electron chi connectivity index (χ2n) is 6.13. The molecule has 0 saturated carbocycles. The van der Waals surface area contributed by atoms with Crippen LogP contribution in [0.2, 0.25) is 0 Å². The summed E-state index contributed by atoms with van der Waals surface area (Å²) in [6.45, 7) is 7.01. The average molecular weight is 360 g/mol. The largest absolute Gasteiger partial charge is 0.378 e. The van der Waals surface area contributed by atoms with Crippen LogP contribution in [0.1, 0.15) is 68.1 Å². The number of halogens is 1. The highest BCUT2D eigenvalue weighted by Gasteiger charge is 2.27. The first-order valence-corrected chi connectivity index (χ1v) is 8.77. The van der Waals surface area contributed by atoms with Crippen molar-refractivity contribution in [3.8, 4) is 0 Å². The molecule has 1 aliphatic heterocycles. The van der Waals surface area contributed by atoms with E-state index < -0.39 is 0 Å². The summed E-state index contributed by atoms with van der Waals surface area (Å²) in [5.41, 5.74) is 6.35. The third-order valence-corrected chi connectivity index (χ3v) is 4.57. The lowest BCUT2D eigenvalue weighted by atomic mass is 9.99. The van der Waals surface area contributed by atoms with Gasteiger partial charge in [-0.25, -0.2) is 0 Å². The molecule has 0 aromatic carbocycles. The number of piperidine rings is 1. The fourth-order valence-electron chi connectivity index (χ4n) is 3.00. The van der Waals surface area contributed by atoms with Gasteiger partial charge in [0, 0.05) is 31.7 Å². The number of hydrogen-bond donors (Lipinski definition) is 1. The van der Waals surface area contributed by atoms with Gasteiger partial charge in [0.15, 0.2) is 0 Å². The van der Waals surface area contributed by atoms with Crippen LogP contribution in [0.25, 0.3) is 0 Å². The highest BCUT2D eigenvalue weighted by atomic mass is 35.5. The first-order chi connectivity index (χ1) is 11.2. The Kier molecular flexibility index (Phi) is 9.33. The minimum atomic E-state index is -0.0601. The van der Waals surface area contributed by atoms with E-state index in [2.05, 4.69) is 19.0 Å². The van der Waals surface area contributed by atoms with Gasteiger partial charge in [-0.15, -0.1) is 12.4 Å². The lowest BCUT2D eigenvalue weighted by Crippen LogP contribution is -2.40. The van der Waals surface area contributed by atoms with Crippen molar-refractivity contribution in [2.24, 2.45) is 5.73 Å². The van der Waals surface area contributed by atoms with Crippen LogP contribution in [-0.4, -0.2) is 48.3 Å². The van der Waals surface area contributed by atoms with E-state index in [1.165, 1.54) is 0 Å². The van der Waals surface area contributed by atoms with Gasteiger partial charge in [0.05, 0.1) is 11.8 Å². The monoisotopic (exact) mass is 359 g/mol. The van der Waals surface area contributed by atoms with E-state index in [-0.39, 0.29) is 24.4 Å². The molecule has 1 saturated heterocycles. The lowest BCUT2D eigenvalue weighted by molar-refractivity contribution is 0.00743. The van der Waals surface area contributed by atoms with Crippen LogP contribution in [0.3, 0.4) is 0 Å². The molecule has 7 heteroatoms. The summed E-state index contributed by atoms with van der Waals surface area (Å²) in [5, 5.41) is 4.08. The molecule has 0 atom stereocenters.